The third-order valence-electron chi connectivity index (χ3n) is 4.20. The Balaban J connectivity index is 2.18. The van der Waals surface area contributed by atoms with Gasteiger partial charge in [0.05, 0.1) is 13.2 Å². The fourth-order valence-corrected chi connectivity index (χ4v) is 2.79. The van der Waals surface area contributed by atoms with Crippen molar-refractivity contribution in [1.82, 2.24) is 5.32 Å². The summed E-state index contributed by atoms with van der Waals surface area (Å²) in [6.07, 6.45) is 2.34. The molecule has 2 rings (SSSR count). The summed E-state index contributed by atoms with van der Waals surface area (Å²) < 4.78 is 10.6. The molecule has 1 saturated heterocycles. The Morgan fingerprint density at radius 2 is 2.05 bits per heavy atom. The van der Waals surface area contributed by atoms with Crippen LogP contribution >= 0.6 is 0 Å². The molecule has 1 aliphatic heterocycles. The zero-order valence-electron chi connectivity index (χ0n) is 13.4. The minimum Gasteiger partial charge on any atom is -0.468 e. The smallest absolute Gasteiger partial charge is 0.327 e. The molecule has 116 valence electrons. The molecule has 0 amide bonds. The highest BCUT2D eigenvalue weighted by Gasteiger charge is 2.25. The standard InChI is InChI=1S/C17H25NO3/c1-11-8-13(3)15(9-12(11)2)16(17(19)20-4)18-10-14-6-5-7-21-14/h8-9,14,16,18H,5-7,10H2,1-4H3. The molecule has 0 radical (unpaired) electrons. The lowest BCUT2D eigenvalue weighted by Gasteiger charge is -2.21. The van der Waals surface area contributed by atoms with E-state index in [1.165, 1.54) is 18.2 Å². The third-order valence-corrected chi connectivity index (χ3v) is 4.20. The van der Waals surface area contributed by atoms with E-state index in [9.17, 15) is 4.79 Å². The Morgan fingerprint density at radius 3 is 2.67 bits per heavy atom. The Bertz CT molecular complexity index is 507. The SMILES string of the molecule is COC(=O)C(NCC1CCCO1)c1cc(C)c(C)cc1C. The van der Waals surface area contributed by atoms with Crippen molar-refractivity contribution >= 4 is 5.97 Å². The predicted molar refractivity (Wildman–Crippen MR) is 82.4 cm³/mol. The second kappa shape index (κ2) is 7.05. The molecule has 0 aromatic heterocycles. The molecule has 1 aliphatic rings. The van der Waals surface area contributed by atoms with Gasteiger partial charge in [0.25, 0.3) is 0 Å². The Labute approximate surface area is 126 Å². The van der Waals surface area contributed by atoms with Crippen molar-refractivity contribution in [2.75, 3.05) is 20.3 Å². The summed E-state index contributed by atoms with van der Waals surface area (Å²) in [4.78, 5) is 12.1. The molecule has 0 spiro atoms. The summed E-state index contributed by atoms with van der Waals surface area (Å²) in [5, 5.41) is 3.32. The number of rotatable bonds is 5. The lowest BCUT2D eigenvalue weighted by molar-refractivity contribution is -0.143. The van der Waals surface area contributed by atoms with Crippen molar-refractivity contribution in [2.45, 2.75) is 45.8 Å². The Hall–Kier alpha value is -1.39. The van der Waals surface area contributed by atoms with Gasteiger partial charge in [0.2, 0.25) is 0 Å². The van der Waals surface area contributed by atoms with E-state index in [1.54, 1.807) is 0 Å². The predicted octanol–water partition coefficient (Wildman–Crippen LogP) is 2.59. The highest BCUT2D eigenvalue weighted by molar-refractivity contribution is 5.78. The van der Waals surface area contributed by atoms with E-state index in [2.05, 4.69) is 31.3 Å². The van der Waals surface area contributed by atoms with Crippen molar-refractivity contribution in [3.05, 3.63) is 34.4 Å². The first-order chi connectivity index (χ1) is 10.0. The second-order valence-corrected chi connectivity index (χ2v) is 5.79. The molecule has 2 atom stereocenters. The average Bonchev–Trinajstić information content (AvgIpc) is 2.97. The van der Waals surface area contributed by atoms with Crippen LogP contribution in [0.25, 0.3) is 0 Å². The number of carbonyl (C=O) groups is 1. The van der Waals surface area contributed by atoms with Crippen LogP contribution in [0.15, 0.2) is 12.1 Å². The molecule has 0 bridgehead atoms. The maximum Gasteiger partial charge on any atom is 0.327 e. The van der Waals surface area contributed by atoms with Gasteiger partial charge in [0, 0.05) is 13.2 Å². The molecule has 1 heterocycles. The lowest BCUT2D eigenvalue weighted by atomic mass is 9.95. The lowest BCUT2D eigenvalue weighted by Crippen LogP contribution is -2.35. The van der Waals surface area contributed by atoms with Crippen LogP contribution in [0.4, 0.5) is 0 Å². The Kier molecular flexibility index (Phi) is 5.37. The van der Waals surface area contributed by atoms with E-state index in [0.717, 1.165) is 30.6 Å². The van der Waals surface area contributed by atoms with E-state index in [1.807, 2.05) is 6.92 Å². The number of methoxy groups -OCH3 is 1. The zero-order chi connectivity index (χ0) is 15.4. The van der Waals surface area contributed by atoms with Gasteiger partial charge in [-0.1, -0.05) is 12.1 Å². The van der Waals surface area contributed by atoms with Crippen LogP contribution in [0.2, 0.25) is 0 Å². The van der Waals surface area contributed by atoms with Crippen LogP contribution in [-0.2, 0) is 14.3 Å². The first-order valence-corrected chi connectivity index (χ1v) is 7.53. The van der Waals surface area contributed by atoms with E-state index < -0.39 is 6.04 Å². The topological polar surface area (TPSA) is 47.6 Å². The summed E-state index contributed by atoms with van der Waals surface area (Å²) in [6, 6.07) is 3.77. The fraction of sp³-hybridized carbons (Fsp3) is 0.588. The van der Waals surface area contributed by atoms with Crippen molar-refractivity contribution in [1.29, 1.82) is 0 Å². The van der Waals surface area contributed by atoms with Gasteiger partial charge in [-0.3, -0.25) is 5.32 Å². The minimum atomic E-state index is -0.432. The van der Waals surface area contributed by atoms with E-state index in [4.69, 9.17) is 9.47 Å². The van der Waals surface area contributed by atoms with Crippen LogP contribution in [-0.4, -0.2) is 32.3 Å². The quantitative estimate of drug-likeness (QED) is 0.847. The second-order valence-electron chi connectivity index (χ2n) is 5.79. The molecule has 1 aromatic rings. The van der Waals surface area contributed by atoms with E-state index in [0.29, 0.717) is 6.54 Å². The molecule has 0 saturated carbocycles. The number of nitrogens with one attached hydrogen (secondary N) is 1. The van der Waals surface area contributed by atoms with Gasteiger partial charge in [0.1, 0.15) is 6.04 Å². The van der Waals surface area contributed by atoms with Crippen molar-refractivity contribution < 1.29 is 14.3 Å². The molecule has 0 aliphatic carbocycles. The largest absolute Gasteiger partial charge is 0.468 e. The summed E-state index contributed by atoms with van der Waals surface area (Å²) in [5.41, 5.74) is 4.51. The van der Waals surface area contributed by atoms with Crippen molar-refractivity contribution in [3.63, 3.8) is 0 Å². The van der Waals surface area contributed by atoms with Gasteiger partial charge in [-0.15, -0.1) is 0 Å². The zero-order valence-corrected chi connectivity index (χ0v) is 13.4. The summed E-state index contributed by atoms with van der Waals surface area (Å²) in [5.74, 6) is -0.251. The van der Waals surface area contributed by atoms with Gasteiger partial charge in [0.15, 0.2) is 0 Å². The van der Waals surface area contributed by atoms with Gasteiger partial charge < -0.3 is 9.47 Å². The van der Waals surface area contributed by atoms with E-state index >= 15 is 0 Å². The molecule has 1 aromatic carbocycles. The third kappa shape index (κ3) is 3.83. The molecular weight excluding hydrogens is 266 g/mol. The first-order valence-electron chi connectivity index (χ1n) is 7.53. The number of carbonyl (C=O) groups excluding carboxylic acids is 1. The van der Waals surface area contributed by atoms with Crippen LogP contribution in [0, 0.1) is 20.8 Å². The summed E-state index contributed by atoms with van der Waals surface area (Å²) in [6.45, 7) is 7.67. The number of hydrogen-bond acceptors (Lipinski definition) is 4. The minimum absolute atomic E-state index is 0.198. The molecule has 1 fully saturated rings. The van der Waals surface area contributed by atoms with Gasteiger partial charge in [-0.25, -0.2) is 4.79 Å². The number of ether oxygens (including phenoxy) is 2. The molecule has 4 nitrogen and oxygen atoms in total. The first kappa shape index (κ1) is 16.0. The van der Waals surface area contributed by atoms with Gasteiger partial charge >= 0.3 is 5.97 Å². The number of esters is 1. The van der Waals surface area contributed by atoms with Crippen molar-refractivity contribution in [2.24, 2.45) is 0 Å². The summed E-state index contributed by atoms with van der Waals surface area (Å²) >= 11 is 0. The highest BCUT2D eigenvalue weighted by Crippen LogP contribution is 2.23. The maximum atomic E-state index is 12.1. The normalized spacial score (nSPS) is 19.5. The summed E-state index contributed by atoms with van der Waals surface area (Å²) in [7, 11) is 1.43. The Morgan fingerprint density at radius 1 is 1.33 bits per heavy atom. The maximum absolute atomic E-state index is 12.1. The van der Waals surface area contributed by atoms with Crippen LogP contribution in [0.3, 0.4) is 0 Å². The van der Waals surface area contributed by atoms with E-state index in [-0.39, 0.29) is 12.1 Å². The monoisotopic (exact) mass is 291 g/mol. The van der Waals surface area contributed by atoms with Gasteiger partial charge in [-0.2, -0.15) is 0 Å². The number of benzene rings is 1. The number of aryl methyl sites for hydroxylation is 3. The fourth-order valence-electron chi connectivity index (χ4n) is 2.79. The molecule has 21 heavy (non-hydrogen) atoms. The molecule has 2 unspecified atom stereocenters. The van der Waals surface area contributed by atoms with Crippen LogP contribution < -0.4 is 5.32 Å². The molecular formula is C17H25NO3. The number of hydrogen-bond donors (Lipinski definition) is 1. The molecule has 4 heteroatoms. The van der Waals surface area contributed by atoms with Gasteiger partial charge in [-0.05, 0) is 55.9 Å². The average molecular weight is 291 g/mol. The van der Waals surface area contributed by atoms with Crippen LogP contribution in [0.5, 0.6) is 0 Å². The van der Waals surface area contributed by atoms with Crippen molar-refractivity contribution in [3.8, 4) is 0 Å². The highest BCUT2D eigenvalue weighted by atomic mass is 16.5. The molecule has 1 N–H and O–H groups in total. The van der Waals surface area contributed by atoms with Crippen LogP contribution in [0.1, 0.15) is 41.1 Å².